The second kappa shape index (κ2) is 29.7. The van der Waals surface area contributed by atoms with E-state index in [1.165, 1.54) is 48.5 Å². The van der Waals surface area contributed by atoms with E-state index in [0.29, 0.717) is 37.7 Å². The van der Waals surface area contributed by atoms with Crippen LogP contribution in [0.15, 0.2) is 133 Å². The molecule has 0 spiro atoms. The molecule has 7 aliphatic heterocycles. The summed E-state index contributed by atoms with van der Waals surface area (Å²) in [5.41, 5.74) is -2.56. The number of ether oxygens (including phenoxy) is 4. The quantitative estimate of drug-likeness (QED) is 0.0741. The van der Waals surface area contributed by atoms with Crippen molar-refractivity contribution in [3.63, 3.8) is 0 Å². The summed E-state index contributed by atoms with van der Waals surface area (Å²) in [6, 6.07) is 13.9. The highest BCUT2D eigenvalue weighted by Gasteiger charge is 2.43. The smallest absolute Gasteiger partial charge is 0.408 e. The van der Waals surface area contributed by atoms with Crippen molar-refractivity contribution in [1.82, 2.24) is 47.0 Å². The number of amides is 7. The number of aliphatic hydroxyl groups excluding tert-OH is 1. The third-order valence-electron chi connectivity index (χ3n) is 18.5. The van der Waals surface area contributed by atoms with E-state index in [1.54, 1.807) is 32.9 Å². The SMILES string of the molecule is CC(C)(C)OC(=O)N[C@@H]1C(=O)N[C@H]2Cc3ccc(c(Cl)c3)Oc3cc4cc(c3O)Oc3ccc(cc3Cl)C(O)[C@@H]3NC(=O)[C@@H](NC(=O)[C@H]4NC(=O)[C@@H](NC2=O)c2cc(O)cc(c2)Oc2cc1ccc2O)c1ccc(O)c(c1)-c1c(cc(O)c(CN2CCN(Cc4ccc(Cl)cc4)CC2)c1O)[C@@H](C(=O)O)NC3=O. The third kappa shape index (κ3) is 15.8. The Morgan fingerprint density at radius 3 is 1.76 bits per heavy atom. The Balaban J connectivity index is 0.967. The van der Waals surface area contributed by atoms with Gasteiger partial charge < -0.3 is 97.0 Å². The first-order chi connectivity index (χ1) is 50.9. The molecular formula is C75H68Cl3N9O20. The van der Waals surface area contributed by atoms with Crippen LogP contribution in [0.2, 0.25) is 15.1 Å². The molecule has 1 unspecified atom stereocenters. The van der Waals surface area contributed by atoms with Crippen LogP contribution in [0.4, 0.5) is 4.79 Å². The molecule has 29 nitrogen and oxygen atoms in total. The zero-order chi connectivity index (χ0) is 76.2. The lowest BCUT2D eigenvalue weighted by Crippen LogP contribution is -2.55. The Morgan fingerprint density at radius 1 is 0.533 bits per heavy atom. The standard InChI is InChI=1S/C75H68Cl3N9O20/c1-75(2,3)107-74(103)85-59-36-8-13-50(90)54(26-36)104-42-23-38(22-41(88)29-42)60-70(98)82-61-39-27-55(105-52-14-6-34(20-46(52)77)21-48(67(95)80-60)79-68(59)96)66(94)56(28-39)106-53-15-9-37(25-47(53)78)64(92)63-72(100)83-62(73(101)102)44-30-51(91)45(32-87-18-16-86(17-19-87)31-33-4-10-40(76)11-5-33)65(93)57(44)43-24-35(7-12-49(43)89)58(69(97)84-63)81-71(61)99/h4-15,20,22-30,48,58-64,88-94H,16-19,21,31-32H2,1-3H3,(H,79,96)(H,80,95)(H,81,99)(H,82,98)(H,83,100)(H,84,97)(H,85,103)(H,101,102)/t48-,58-,59-,60-,61-,62-,63-,64?/m0/s1. The van der Waals surface area contributed by atoms with E-state index in [-0.39, 0.29) is 78.5 Å². The molecule has 32 heteroatoms. The summed E-state index contributed by atoms with van der Waals surface area (Å²) in [4.78, 5) is 124. The Labute approximate surface area is 623 Å². The monoisotopic (exact) mass is 1520 g/mol. The Bertz CT molecular complexity index is 4970. The number of fused-ring (bicyclic) bond motifs is 14. The summed E-state index contributed by atoms with van der Waals surface area (Å²) in [6.45, 7) is 7.03. The molecule has 7 aliphatic rings. The zero-order valence-electron chi connectivity index (χ0n) is 56.8. The number of carboxylic acid groups (broad SMARTS) is 1. The number of aliphatic hydroxyl groups is 1. The summed E-state index contributed by atoms with van der Waals surface area (Å²) in [5, 5.41) is 113. The largest absolute Gasteiger partial charge is 0.508 e. The number of nitrogens with one attached hydrogen (secondary N) is 7. The van der Waals surface area contributed by atoms with Crippen LogP contribution in [0.5, 0.6) is 69.0 Å². The van der Waals surface area contributed by atoms with E-state index in [2.05, 4.69) is 42.1 Å². The molecule has 7 heterocycles. The normalized spacial score (nSPS) is 21.2. The average Bonchev–Trinajstić information content (AvgIpc) is 0.754. The highest BCUT2D eigenvalue weighted by Crippen LogP contribution is 2.50. The van der Waals surface area contributed by atoms with E-state index < -0.39 is 171 Å². The fraction of sp³-hybridized carbons (Fsp3) is 0.253. The molecule has 1 fully saturated rings. The van der Waals surface area contributed by atoms with Crippen LogP contribution >= 0.6 is 34.8 Å². The number of rotatable bonds is 6. The molecule has 107 heavy (non-hydrogen) atoms. The lowest BCUT2D eigenvalue weighted by Gasteiger charge is -2.35. The van der Waals surface area contributed by atoms with Crippen LogP contribution in [0.1, 0.15) is 107 Å². The van der Waals surface area contributed by atoms with Gasteiger partial charge in [0.1, 0.15) is 88.2 Å². The molecule has 17 bridgehead atoms. The van der Waals surface area contributed by atoms with Crippen LogP contribution in [0.25, 0.3) is 11.1 Å². The second-order valence-corrected chi connectivity index (χ2v) is 28.4. The number of aromatic hydroxyl groups is 6. The van der Waals surface area contributed by atoms with Crippen molar-refractivity contribution >= 4 is 82.3 Å². The van der Waals surface area contributed by atoms with Gasteiger partial charge in [-0.25, -0.2) is 9.59 Å². The maximum absolute atomic E-state index is 16.1. The van der Waals surface area contributed by atoms with Gasteiger partial charge >= 0.3 is 12.1 Å². The lowest BCUT2D eigenvalue weighted by atomic mass is 9.88. The number of phenolic OH excluding ortho intramolecular Hbond substituents is 6. The maximum atomic E-state index is 16.1. The van der Waals surface area contributed by atoms with Crippen LogP contribution in [-0.2, 0) is 57.8 Å². The van der Waals surface area contributed by atoms with Gasteiger partial charge in [0.05, 0.1) is 15.6 Å². The van der Waals surface area contributed by atoms with Crippen LogP contribution < -0.4 is 51.4 Å². The highest BCUT2D eigenvalue weighted by atomic mass is 35.5. The summed E-state index contributed by atoms with van der Waals surface area (Å²) < 4.78 is 24.3. The molecule has 8 aromatic rings. The Hall–Kier alpha value is -11.7. The number of aliphatic carboxylic acids is 1. The number of hydrogen-bond donors (Lipinski definition) is 15. The molecule has 554 valence electrons. The fourth-order valence-electron chi connectivity index (χ4n) is 13.2. The molecule has 0 aromatic heterocycles. The summed E-state index contributed by atoms with van der Waals surface area (Å²) >= 11 is 20.1. The van der Waals surface area contributed by atoms with Gasteiger partial charge in [-0.3, -0.25) is 38.6 Å². The lowest BCUT2D eigenvalue weighted by molar-refractivity contribution is -0.143. The van der Waals surface area contributed by atoms with Gasteiger partial charge in [-0.1, -0.05) is 71.2 Å². The number of carbonyl (C=O) groups is 8. The van der Waals surface area contributed by atoms with Crippen molar-refractivity contribution in [2.45, 2.75) is 94.3 Å². The van der Waals surface area contributed by atoms with Gasteiger partial charge in [0, 0.05) is 73.5 Å². The first-order valence-electron chi connectivity index (χ1n) is 33.4. The summed E-state index contributed by atoms with van der Waals surface area (Å²) in [5.74, 6) is -15.6. The Morgan fingerprint density at radius 2 is 1.11 bits per heavy atom. The minimum absolute atomic E-state index is 0.0121. The number of benzene rings is 8. The molecule has 0 aliphatic carbocycles. The van der Waals surface area contributed by atoms with Crippen molar-refractivity contribution in [2.24, 2.45) is 0 Å². The number of phenols is 6. The molecule has 8 aromatic carbocycles. The number of halogens is 3. The van der Waals surface area contributed by atoms with Crippen LogP contribution in [-0.4, -0.2) is 142 Å². The van der Waals surface area contributed by atoms with Crippen molar-refractivity contribution < 1.29 is 98.2 Å². The van der Waals surface area contributed by atoms with Gasteiger partial charge in [-0.05, 0) is 151 Å². The van der Waals surface area contributed by atoms with Crippen molar-refractivity contribution in [3.05, 3.63) is 199 Å². The predicted molar refractivity (Wildman–Crippen MR) is 382 cm³/mol. The van der Waals surface area contributed by atoms with E-state index in [0.717, 1.165) is 66.2 Å². The number of alkyl carbamates (subject to hydrolysis) is 1. The average molecular weight is 1520 g/mol. The number of carboxylic acids is 1. The number of carbonyl (C=O) groups excluding carboxylic acids is 7. The molecule has 0 saturated carbocycles. The molecule has 15 N–H and O–H groups in total. The Kier molecular flexibility index (Phi) is 20.4. The van der Waals surface area contributed by atoms with E-state index in [1.807, 2.05) is 17.0 Å². The van der Waals surface area contributed by atoms with Gasteiger partial charge in [0.2, 0.25) is 41.2 Å². The second-order valence-electron chi connectivity index (χ2n) is 27.1. The zero-order valence-corrected chi connectivity index (χ0v) is 59.0. The summed E-state index contributed by atoms with van der Waals surface area (Å²) in [6.07, 6.45) is -3.71. The van der Waals surface area contributed by atoms with Crippen LogP contribution in [0, 0.1) is 0 Å². The molecule has 0 radical (unpaired) electrons. The van der Waals surface area contributed by atoms with Crippen molar-refractivity contribution in [3.8, 4) is 80.1 Å². The minimum atomic E-state index is -2.25. The number of piperazine rings is 1. The van der Waals surface area contributed by atoms with Gasteiger partial charge in [-0.2, -0.15) is 0 Å². The third-order valence-corrected chi connectivity index (χ3v) is 19.3. The molecule has 7 amide bonds. The maximum Gasteiger partial charge on any atom is 0.408 e. The van der Waals surface area contributed by atoms with Gasteiger partial charge in [0.25, 0.3) is 0 Å². The van der Waals surface area contributed by atoms with Crippen LogP contribution in [0.3, 0.4) is 0 Å². The molecule has 15 rings (SSSR count). The van der Waals surface area contributed by atoms with E-state index in [9.17, 15) is 55.2 Å². The fourth-order valence-corrected chi connectivity index (χ4v) is 13.8. The molecule has 8 atom stereocenters. The van der Waals surface area contributed by atoms with E-state index >= 15 is 24.0 Å². The highest BCUT2D eigenvalue weighted by molar-refractivity contribution is 6.32. The van der Waals surface area contributed by atoms with Gasteiger partial charge in [-0.15, -0.1) is 0 Å². The van der Waals surface area contributed by atoms with Crippen molar-refractivity contribution in [2.75, 3.05) is 26.2 Å². The first kappa shape index (κ1) is 73.6. The first-order valence-corrected chi connectivity index (χ1v) is 34.5. The summed E-state index contributed by atoms with van der Waals surface area (Å²) in [7, 11) is 0. The minimum Gasteiger partial charge on any atom is -0.508 e. The predicted octanol–water partition coefficient (Wildman–Crippen LogP) is 8.52. The topological polar surface area (TPSA) is 426 Å². The molecular weight excluding hydrogens is 1450 g/mol. The van der Waals surface area contributed by atoms with Gasteiger partial charge in [0.15, 0.2) is 29.0 Å². The number of hydrogen-bond acceptors (Lipinski definition) is 21. The van der Waals surface area contributed by atoms with E-state index in [4.69, 9.17) is 53.8 Å². The van der Waals surface area contributed by atoms with Crippen molar-refractivity contribution in [1.29, 1.82) is 0 Å². The molecule has 1 saturated heterocycles. The number of nitrogens with zero attached hydrogens (tertiary/aromatic N) is 2.